The molecule has 1 atom stereocenters. The third-order valence-electron chi connectivity index (χ3n) is 2.94. The highest BCUT2D eigenvalue weighted by molar-refractivity contribution is 5.22. The van der Waals surface area contributed by atoms with Gasteiger partial charge in [0.15, 0.2) is 0 Å². The van der Waals surface area contributed by atoms with Crippen molar-refractivity contribution in [2.75, 3.05) is 13.6 Å². The van der Waals surface area contributed by atoms with Crippen LogP contribution in [0, 0.1) is 5.92 Å². The molecule has 0 radical (unpaired) electrons. The van der Waals surface area contributed by atoms with Gasteiger partial charge in [0.25, 0.3) is 0 Å². The number of H-pyrrole nitrogens is 1. The lowest BCUT2D eigenvalue weighted by molar-refractivity contribution is 0.173. The lowest BCUT2D eigenvalue weighted by Crippen LogP contribution is -2.36. The van der Waals surface area contributed by atoms with Crippen molar-refractivity contribution >= 4 is 0 Å². The van der Waals surface area contributed by atoms with Gasteiger partial charge in [0, 0.05) is 6.54 Å². The van der Waals surface area contributed by atoms with Crippen LogP contribution < -0.4 is 5.63 Å². The first-order chi connectivity index (χ1) is 6.61. The SMILES string of the molecule is CC(C)C1c2[nH]oc(=O)c2CCN1C. The molecule has 0 saturated carbocycles. The zero-order chi connectivity index (χ0) is 10.3. The Morgan fingerprint density at radius 1 is 1.57 bits per heavy atom. The van der Waals surface area contributed by atoms with Crippen molar-refractivity contribution in [3.05, 3.63) is 21.7 Å². The van der Waals surface area contributed by atoms with Gasteiger partial charge in [-0.25, -0.2) is 9.95 Å². The van der Waals surface area contributed by atoms with Crippen LogP contribution in [0.15, 0.2) is 9.32 Å². The third kappa shape index (κ3) is 1.30. The van der Waals surface area contributed by atoms with E-state index in [0.29, 0.717) is 5.92 Å². The fraction of sp³-hybridized carbons (Fsp3) is 0.700. The second kappa shape index (κ2) is 3.28. The summed E-state index contributed by atoms with van der Waals surface area (Å²) in [5.41, 5.74) is 1.61. The predicted molar refractivity (Wildman–Crippen MR) is 53.2 cm³/mol. The van der Waals surface area contributed by atoms with E-state index in [1.165, 1.54) is 0 Å². The molecule has 1 aliphatic rings. The maximum Gasteiger partial charge on any atom is 0.360 e. The van der Waals surface area contributed by atoms with Crippen molar-refractivity contribution in [2.45, 2.75) is 26.3 Å². The fourth-order valence-corrected chi connectivity index (χ4v) is 2.30. The van der Waals surface area contributed by atoms with Crippen LogP contribution in [0.4, 0.5) is 0 Å². The number of hydrogen-bond donors (Lipinski definition) is 1. The van der Waals surface area contributed by atoms with E-state index in [9.17, 15) is 4.79 Å². The molecule has 2 heterocycles. The second-order valence-corrected chi connectivity index (χ2v) is 4.30. The molecule has 0 fully saturated rings. The number of aromatic nitrogens is 1. The van der Waals surface area contributed by atoms with Gasteiger partial charge in [0.05, 0.1) is 17.3 Å². The molecule has 78 valence electrons. The maximum absolute atomic E-state index is 11.3. The number of aromatic amines is 1. The van der Waals surface area contributed by atoms with Crippen LogP contribution in [0.25, 0.3) is 0 Å². The molecule has 0 amide bonds. The quantitative estimate of drug-likeness (QED) is 0.733. The molecule has 14 heavy (non-hydrogen) atoms. The normalized spacial score (nSPS) is 22.7. The van der Waals surface area contributed by atoms with Gasteiger partial charge in [0.1, 0.15) is 0 Å². The molecule has 0 aromatic carbocycles. The molecule has 1 aromatic heterocycles. The summed E-state index contributed by atoms with van der Waals surface area (Å²) < 4.78 is 4.84. The third-order valence-corrected chi connectivity index (χ3v) is 2.94. The monoisotopic (exact) mass is 196 g/mol. The summed E-state index contributed by atoms with van der Waals surface area (Å²) in [7, 11) is 2.08. The Hall–Kier alpha value is -1.03. The summed E-state index contributed by atoms with van der Waals surface area (Å²) in [5, 5.41) is 2.76. The summed E-state index contributed by atoms with van der Waals surface area (Å²) in [4.78, 5) is 13.6. The standard InChI is InChI=1S/C10H16N2O2/c1-6(2)9-8-7(4-5-12(9)3)10(13)14-11-8/h6,9,11H,4-5H2,1-3H3. The Balaban J connectivity index is 2.47. The summed E-state index contributed by atoms with van der Waals surface area (Å²) in [6.45, 7) is 5.24. The molecule has 4 nitrogen and oxygen atoms in total. The number of nitrogens with one attached hydrogen (secondary N) is 1. The molecule has 0 spiro atoms. The van der Waals surface area contributed by atoms with Crippen molar-refractivity contribution < 1.29 is 4.52 Å². The lowest BCUT2D eigenvalue weighted by atomic mass is 9.92. The Morgan fingerprint density at radius 2 is 2.29 bits per heavy atom. The van der Waals surface area contributed by atoms with Crippen molar-refractivity contribution in [2.24, 2.45) is 5.92 Å². The van der Waals surface area contributed by atoms with E-state index in [2.05, 4.69) is 31.0 Å². The molecule has 0 aliphatic carbocycles. The number of hydrogen-bond acceptors (Lipinski definition) is 3. The van der Waals surface area contributed by atoms with Gasteiger partial charge in [-0.3, -0.25) is 4.90 Å². The van der Waals surface area contributed by atoms with Gasteiger partial charge in [-0.2, -0.15) is 0 Å². The average Bonchev–Trinajstić information content (AvgIpc) is 2.47. The molecule has 0 bridgehead atoms. The Morgan fingerprint density at radius 3 is 2.93 bits per heavy atom. The van der Waals surface area contributed by atoms with E-state index in [4.69, 9.17) is 4.52 Å². The van der Waals surface area contributed by atoms with E-state index in [1.807, 2.05) is 0 Å². The smallest absolute Gasteiger partial charge is 0.338 e. The average molecular weight is 196 g/mol. The molecule has 1 N–H and O–H groups in total. The minimum absolute atomic E-state index is 0.196. The number of fused-ring (bicyclic) bond motifs is 1. The highest BCUT2D eigenvalue weighted by Crippen LogP contribution is 2.31. The molecular formula is C10H16N2O2. The highest BCUT2D eigenvalue weighted by atomic mass is 16.5. The number of nitrogens with zero attached hydrogens (tertiary/aromatic N) is 1. The van der Waals surface area contributed by atoms with Crippen LogP contribution in [0.3, 0.4) is 0 Å². The van der Waals surface area contributed by atoms with Crippen LogP contribution in [0.1, 0.15) is 31.1 Å². The van der Waals surface area contributed by atoms with Gasteiger partial charge >= 0.3 is 5.63 Å². The van der Waals surface area contributed by atoms with Crippen LogP contribution in [-0.4, -0.2) is 23.6 Å². The van der Waals surface area contributed by atoms with Gasteiger partial charge in [-0.15, -0.1) is 0 Å². The van der Waals surface area contributed by atoms with E-state index in [0.717, 1.165) is 24.2 Å². The summed E-state index contributed by atoms with van der Waals surface area (Å²) in [5.74, 6) is 0.479. The van der Waals surface area contributed by atoms with Crippen LogP contribution in [0.5, 0.6) is 0 Å². The molecule has 4 heteroatoms. The second-order valence-electron chi connectivity index (χ2n) is 4.30. The van der Waals surface area contributed by atoms with Crippen LogP contribution in [0.2, 0.25) is 0 Å². The van der Waals surface area contributed by atoms with Gasteiger partial charge in [0.2, 0.25) is 0 Å². The van der Waals surface area contributed by atoms with E-state index in [-0.39, 0.29) is 11.7 Å². The topological polar surface area (TPSA) is 49.2 Å². The van der Waals surface area contributed by atoms with Gasteiger partial charge in [-0.1, -0.05) is 13.8 Å². The first-order valence-corrected chi connectivity index (χ1v) is 5.01. The molecule has 0 saturated heterocycles. The molecular weight excluding hydrogens is 180 g/mol. The summed E-state index contributed by atoms with van der Waals surface area (Å²) in [6, 6.07) is 0.283. The minimum Gasteiger partial charge on any atom is -0.338 e. The summed E-state index contributed by atoms with van der Waals surface area (Å²) >= 11 is 0. The minimum atomic E-state index is -0.196. The predicted octanol–water partition coefficient (Wildman–Crippen LogP) is 1.15. The Kier molecular flexibility index (Phi) is 2.23. The lowest BCUT2D eigenvalue weighted by Gasteiger charge is -2.33. The van der Waals surface area contributed by atoms with Crippen molar-refractivity contribution in [3.8, 4) is 0 Å². The first kappa shape index (κ1) is 9.52. The van der Waals surface area contributed by atoms with Gasteiger partial charge in [-0.05, 0) is 19.4 Å². The Labute approximate surface area is 82.9 Å². The zero-order valence-electron chi connectivity index (χ0n) is 8.83. The van der Waals surface area contributed by atoms with Crippen molar-refractivity contribution in [1.29, 1.82) is 0 Å². The number of likely N-dealkylation sites (N-methyl/N-ethyl adjacent to an activating group) is 1. The van der Waals surface area contributed by atoms with Gasteiger partial charge < -0.3 is 4.52 Å². The van der Waals surface area contributed by atoms with Crippen molar-refractivity contribution in [1.82, 2.24) is 10.1 Å². The molecule has 1 aromatic rings. The molecule has 2 rings (SSSR count). The molecule has 1 aliphatic heterocycles. The van der Waals surface area contributed by atoms with E-state index < -0.39 is 0 Å². The van der Waals surface area contributed by atoms with Crippen molar-refractivity contribution in [3.63, 3.8) is 0 Å². The zero-order valence-corrected chi connectivity index (χ0v) is 8.83. The largest absolute Gasteiger partial charge is 0.360 e. The summed E-state index contributed by atoms with van der Waals surface area (Å²) in [6.07, 6.45) is 0.793. The fourth-order valence-electron chi connectivity index (χ4n) is 2.30. The van der Waals surface area contributed by atoms with Crippen LogP contribution >= 0.6 is 0 Å². The van der Waals surface area contributed by atoms with E-state index >= 15 is 0 Å². The maximum atomic E-state index is 11.3. The number of rotatable bonds is 1. The highest BCUT2D eigenvalue weighted by Gasteiger charge is 2.31. The Bertz CT molecular complexity index is 378. The van der Waals surface area contributed by atoms with E-state index in [1.54, 1.807) is 0 Å². The first-order valence-electron chi connectivity index (χ1n) is 5.01. The molecule has 1 unspecified atom stereocenters. The van der Waals surface area contributed by atoms with Crippen LogP contribution in [-0.2, 0) is 6.42 Å².